The summed E-state index contributed by atoms with van der Waals surface area (Å²) in [6.45, 7) is 5.23. The minimum absolute atomic E-state index is 0.462. The highest BCUT2D eigenvalue weighted by molar-refractivity contribution is 5.50. The summed E-state index contributed by atoms with van der Waals surface area (Å²) in [7, 11) is 0. The van der Waals surface area contributed by atoms with E-state index in [0.717, 1.165) is 12.4 Å². The minimum atomic E-state index is 0.462. The summed E-state index contributed by atoms with van der Waals surface area (Å²) in [5, 5.41) is 3.45. The van der Waals surface area contributed by atoms with E-state index in [1.54, 1.807) is 0 Å². The first kappa shape index (κ1) is 12.5. The minimum Gasteiger partial charge on any atom is -0.368 e. The number of rotatable bonds is 5. The van der Waals surface area contributed by atoms with Crippen molar-refractivity contribution in [2.75, 3.05) is 16.9 Å². The van der Waals surface area contributed by atoms with Crippen molar-refractivity contribution in [3.8, 4) is 0 Å². The van der Waals surface area contributed by atoms with Crippen LogP contribution in [-0.4, -0.2) is 12.7 Å². The first-order valence-electron chi connectivity index (χ1n) is 6.38. The quantitative estimate of drug-likeness (QED) is 0.795. The van der Waals surface area contributed by atoms with E-state index >= 15 is 0 Å². The summed E-state index contributed by atoms with van der Waals surface area (Å²) in [4.78, 5) is 2.34. The second-order valence-corrected chi connectivity index (χ2v) is 4.60. The summed E-state index contributed by atoms with van der Waals surface area (Å²) in [6.07, 6.45) is 0. The fraction of sp³-hybridized carbons (Fsp3) is 0.250. The van der Waals surface area contributed by atoms with Crippen molar-refractivity contribution in [3.05, 3.63) is 60.7 Å². The summed E-state index contributed by atoms with van der Waals surface area (Å²) in [5.74, 6) is 0. The maximum absolute atomic E-state index is 3.45. The van der Waals surface area contributed by atoms with E-state index in [4.69, 9.17) is 0 Å². The first-order valence-corrected chi connectivity index (χ1v) is 6.38. The molecule has 0 atom stereocenters. The van der Waals surface area contributed by atoms with Gasteiger partial charge in [-0.1, -0.05) is 36.4 Å². The molecule has 0 aliphatic heterocycles. The molecule has 0 saturated carbocycles. The normalized spacial score (nSPS) is 10.4. The van der Waals surface area contributed by atoms with Gasteiger partial charge in [-0.05, 0) is 38.1 Å². The number of benzene rings is 2. The van der Waals surface area contributed by atoms with Crippen molar-refractivity contribution in [3.63, 3.8) is 0 Å². The van der Waals surface area contributed by atoms with Crippen LogP contribution >= 0.6 is 0 Å². The number of para-hydroxylation sites is 2. The third-order valence-corrected chi connectivity index (χ3v) is 2.94. The highest BCUT2D eigenvalue weighted by Crippen LogP contribution is 2.16. The zero-order valence-corrected chi connectivity index (χ0v) is 11.0. The van der Waals surface area contributed by atoms with Crippen molar-refractivity contribution in [2.45, 2.75) is 19.9 Å². The Morgan fingerprint density at radius 2 is 1.44 bits per heavy atom. The van der Waals surface area contributed by atoms with Crippen molar-refractivity contribution in [1.82, 2.24) is 0 Å². The zero-order chi connectivity index (χ0) is 12.8. The Morgan fingerprint density at radius 3 is 2.00 bits per heavy atom. The molecule has 2 aromatic carbocycles. The predicted octanol–water partition coefficient (Wildman–Crippen LogP) is 3.97. The fourth-order valence-corrected chi connectivity index (χ4v) is 1.92. The Hall–Kier alpha value is -1.96. The van der Waals surface area contributed by atoms with Gasteiger partial charge in [0.1, 0.15) is 0 Å². The van der Waals surface area contributed by atoms with E-state index in [1.807, 2.05) is 24.3 Å². The molecule has 0 aliphatic carbocycles. The second-order valence-electron chi connectivity index (χ2n) is 4.60. The van der Waals surface area contributed by atoms with E-state index in [2.05, 4.69) is 60.5 Å². The molecule has 0 aromatic heterocycles. The molecular weight excluding hydrogens is 220 g/mol. The molecule has 0 spiro atoms. The topological polar surface area (TPSA) is 15.3 Å². The van der Waals surface area contributed by atoms with Gasteiger partial charge >= 0.3 is 0 Å². The van der Waals surface area contributed by atoms with Crippen molar-refractivity contribution in [1.29, 1.82) is 0 Å². The van der Waals surface area contributed by atoms with Crippen LogP contribution in [0.4, 0.5) is 11.4 Å². The molecule has 0 amide bonds. The van der Waals surface area contributed by atoms with Crippen molar-refractivity contribution >= 4 is 11.4 Å². The van der Waals surface area contributed by atoms with E-state index in [1.165, 1.54) is 5.69 Å². The highest BCUT2D eigenvalue weighted by atomic mass is 15.2. The number of anilines is 2. The van der Waals surface area contributed by atoms with Crippen LogP contribution in [0.5, 0.6) is 0 Å². The standard InChI is InChI=1S/C16H20N2/c1-14(2)18(16-11-7-4-8-12-16)13-17-15-9-5-3-6-10-15/h3-12,14,17H,13H2,1-2H3. The van der Waals surface area contributed by atoms with E-state index < -0.39 is 0 Å². The van der Waals surface area contributed by atoms with Crippen LogP contribution in [0.15, 0.2) is 60.7 Å². The van der Waals surface area contributed by atoms with Crippen LogP contribution in [0.3, 0.4) is 0 Å². The molecule has 0 fully saturated rings. The van der Waals surface area contributed by atoms with E-state index in [-0.39, 0.29) is 0 Å². The van der Waals surface area contributed by atoms with Crippen LogP contribution in [0.2, 0.25) is 0 Å². The largest absolute Gasteiger partial charge is 0.368 e. The molecule has 0 unspecified atom stereocenters. The van der Waals surface area contributed by atoms with Gasteiger partial charge in [0.25, 0.3) is 0 Å². The van der Waals surface area contributed by atoms with Gasteiger partial charge < -0.3 is 10.2 Å². The summed E-state index contributed by atoms with van der Waals surface area (Å²) >= 11 is 0. The SMILES string of the molecule is CC(C)N(CNc1ccccc1)c1ccccc1. The molecule has 0 radical (unpaired) electrons. The molecule has 2 aromatic rings. The maximum atomic E-state index is 3.45. The predicted molar refractivity (Wildman–Crippen MR) is 79.0 cm³/mol. The summed E-state index contributed by atoms with van der Waals surface area (Å²) in [6, 6.07) is 21.3. The lowest BCUT2D eigenvalue weighted by Gasteiger charge is -2.29. The number of hydrogen-bond donors (Lipinski definition) is 1. The zero-order valence-electron chi connectivity index (χ0n) is 11.0. The summed E-state index contributed by atoms with van der Waals surface area (Å²) < 4.78 is 0. The molecule has 0 saturated heterocycles. The lowest BCUT2D eigenvalue weighted by molar-refractivity contribution is 0.708. The molecule has 94 valence electrons. The van der Waals surface area contributed by atoms with Crippen LogP contribution in [0.1, 0.15) is 13.8 Å². The van der Waals surface area contributed by atoms with Gasteiger partial charge in [-0.3, -0.25) is 0 Å². The van der Waals surface area contributed by atoms with Crippen LogP contribution in [-0.2, 0) is 0 Å². The number of nitrogens with zero attached hydrogens (tertiary/aromatic N) is 1. The van der Waals surface area contributed by atoms with Gasteiger partial charge in [0.15, 0.2) is 0 Å². The average molecular weight is 240 g/mol. The molecule has 2 nitrogen and oxygen atoms in total. The van der Waals surface area contributed by atoms with Gasteiger partial charge in [0.2, 0.25) is 0 Å². The lowest BCUT2D eigenvalue weighted by atomic mass is 10.2. The van der Waals surface area contributed by atoms with Gasteiger partial charge in [0.05, 0.1) is 6.67 Å². The maximum Gasteiger partial charge on any atom is 0.0879 e. The number of nitrogens with one attached hydrogen (secondary N) is 1. The average Bonchev–Trinajstić information content (AvgIpc) is 2.41. The molecule has 0 bridgehead atoms. The lowest BCUT2D eigenvalue weighted by Crippen LogP contribution is -2.35. The molecule has 18 heavy (non-hydrogen) atoms. The Bertz CT molecular complexity index is 451. The van der Waals surface area contributed by atoms with Gasteiger partial charge in [-0.25, -0.2) is 0 Å². The molecule has 0 aliphatic rings. The Labute approximate surface area is 109 Å². The molecular formula is C16H20N2. The monoisotopic (exact) mass is 240 g/mol. The fourth-order valence-electron chi connectivity index (χ4n) is 1.92. The second kappa shape index (κ2) is 6.10. The van der Waals surface area contributed by atoms with Gasteiger partial charge in [0, 0.05) is 17.4 Å². The smallest absolute Gasteiger partial charge is 0.0879 e. The molecule has 1 N–H and O–H groups in total. The Kier molecular flexibility index (Phi) is 4.24. The molecule has 2 heteroatoms. The summed E-state index contributed by atoms with van der Waals surface area (Å²) in [5.41, 5.74) is 2.40. The Balaban J connectivity index is 2.04. The van der Waals surface area contributed by atoms with Gasteiger partial charge in [-0.2, -0.15) is 0 Å². The van der Waals surface area contributed by atoms with Crippen molar-refractivity contribution < 1.29 is 0 Å². The van der Waals surface area contributed by atoms with Gasteiger partial charge in [-0.15, -0.1) is 0 Å². The highest BCUT2D eigenvalue weighted by Gasteiger charge is 2.09. The van der Waals surface area contributed by atoms with Crippen molar-refractivity contribution in [2.24, 2.45) is 0 Å². The molecule has 2 rings (SSSR count). The number of hydrogen-bond acceptors (Lipinski definition) is 2. The third-order valence-electron chi connectivity index (χ3n) is 2.94. The Morgan fingerprint density at radius 1 is 0.889 bits per heavy atom. The van der Waals surface area contributed by atoms with E-state index in [9.17, 15) is 0 Å². The third kappa shape index (κ3) is 3.27. The first-order chi connectivity index (χ1) is 8.77. The molecule has 0 heterocycles. The van der Waals surface area contributed by atoms with Crippen LogP contribution in [0, 0.1) is 0 Å². The van der Waals surface area contributed by atoms with Crippen LogP contribution < -0.4 is 10.2 Å². The van der Waals surface area contributed by atoms with E-state index in [0.29, 0.717) is 6.04 Å². The van der Waals surface area contributed by atoms with Crippen LogP contribution in [0.25, 0.3) is 0 Å².